The van der Waals surface area contributed by atoms with Crippen LogP contribution >= 0.6 is 0 Å². The molecule has 0 aliphatic carbocycles. The van der Waals surface area contributed by atoms with Crippen molar-refractivity contribution in [2.75, 3.05) is 13.6 Å². The Hall–Kier alpha value is -0.770. The van der Waals surface area contributed by atoms with Gasteiger partial charge < -0.3 is 10.1 Å². The van der Waals surface area contributed by atoms with Crippen LogP contribution < -0.4 is 5.32 Å². The second-order valence-electron chi connectivity index (χ2n) is 9.73. The lowest BCUT2D eigenvalue weighted by Gasteiger charge is -2.53. The lowest BCUT2D eigenvalue weighted by Crippen LogP contribution is -2.60. The second kappa shape index (κ2) is 11.9. The topological polar surface area (TPSA) is 41.6 Å². The zero-order valence-corrected chi connectivity index (χ0v) is 19.0. The Morgan fingerprint density at radius 2 is 1.33 bits per heavy atom. The van der Waals surface area contributed by atoms with E-state index in [-0.39, 0.29) is 23.3 Å². The van der Waals surface area contributed by atoms with Gasteiger partial charge in [0.15, 0.2) is 0 Å². The minimum atomic E-state index is -0.243. The van der Waals surface area contributed by atoms with E-state index >= 15 is 0 Å². The molecule has 0 spiro atoms. The first-order chi connectivity index (χ1) is 12.7. The number of likely N-dealkylation sites (tertiary alicyclic amines) is 1. The van der Waals surface area contributed by atoms with Gasteiger partial charge in [-0.25, -0.2) is 4.79 Å². The molecule has 0 bridgehead atoms. The molecule has 0 saturated carbocycles. The summed E-state index contributed by atoms with van der Waals surface area (Å²) in [5.41, 5.74) is 0.0898. The molecule has 160 valence electrons. The highest BCUT2D eigenvalue weighted by molar-refractivity contribution is 5.67. The molecule has 1 heterocycles. The number of carbonyl (C=O) groups is 1. The molecular weight excluding hydrogens is 336 g/mol. The summed E-state index contributed by atoms with van der Waals surface area (Å²) < 4.78 is 5.73. The van der Waals surface area contributed by atoms with Crippen LogP contribution in [0.2, 0.25) is 0 Å². The van der Waals surface area contributed by atoms with Crippen molar-refractivity contribution in [1.29, 1.82) is 0 Å². The predicted molar refractivity (Wildman–Crippen MR) is 115 cm³/mol. The van der Waals surface area contributed by atoms with Crippen molar-refractivity contribution < 1.29 is 9.53 Å². The van der Waals surface area contributed by atoms with Gasteiger partial charge in [-0.2, -0.15) is 0 Å². The monoisotopic (exact) mass is 382 g/mol. The number of nitrogens with zero attached hydrogens (tertiary/aromatic N) is 1. The number of hydrogen-bond acceptors (Lipinski definition) is 3. The van der Waals surface area contributed by atoms with Gasteiger partial charge in [0.2, 0.25) is 0 Å². The van der Waals surface area contributed by atoms with Crippen LogP contribution in [0.5, 0.6) is 0 Å². The number of alkyl carbamates (subject to hydrolysis) is 1. The molecule has 1 amide bonds. The Morgan fingerprint density at radius 1 is 0.889 bits per heavy atom. The molecule has 1 aliphatic heterocycles. The number of rotatable bonds is 12. The molecule has 1 saturated heterocycles. The van der Waals surface area contributed by atoms with Crippen LogP contribution in [0.4, 0.5) is 4.79 Å². The molecule has 1 fully saturated rings. The molecule has 1 N–H and O–H groups in total. The number of nitrogens with one attached hydrogen (secondary N) is 1. The first-order valence-electron chi connectivity index (χ1n) is 11.4. The highest BCUT2D eigenvalue weighted by Gasteiger charge is 2.44. The summed E-state index contributed by atoms with van der Waals surface area (Å²) in [6, 6.07) is 0. The van der Waals surface area contributed by atoms with Crippen LogP contribution in [-0.2, 0) is 4.74 Å². The summed E-state index contributed by atoms with van der Waals surface area (Å²) in [6.45, 7) is 11.9. The Balaban J connectivity index is 2.08. The molecule has 27 heavy (non-hydrogen) atoms. The Bertz CT molecular complexity index is 403. The molecule has 0 aromatic heterocycles. The SMILES string of the molecule is CCCCCCCCCCCCNC(=O)OC1CC(C)(C)N(C)C(C)(C)C1. The van der Waals surface area contributed by atoms with Crippen LogP contribution in [0.15, 0.2) is 0 Å². The van der Waals surface area contributed by atoms with E-state index in [1.807, 2.05) is 0 Å². The molecule has 0 atom stereocenters. The average Bonchev–Trinajstić information content (AvgIpc) is 2.57. The maximum absolute atomic E-state index is 12.1. The second-order valence-corrected chi connectivity index (χ2v) is 9.73. The van der Waals surface area contributed by atoms with Gasteiger partial charge in [-0.3, -0.25) is 4.90 Å². The first kappa shape index (κ1) is 24.3. The van der Waals surface area contributed by atoms with Crippen LogP contribution in [0.25, 0.3) is 0 Å². The van der Waals surface area contributed by atoms with Crippen LogP contribution in [0, 0.1) is 0 Å². The quantitative estimate of drug-likeness (QED) is 0.404. The number of unbranched alkanes of at least 4 members (excludes halogenated alkanes) is 9. The lowest BCUT2D eigenvalue weighted by molar-refractivity contribution is -0.0680. The summed E-state index contributed by atoms with van der Waals surface area (Å²) in [5.74, 6) is 0. The minimum Gasteiger partial charge on any atom is -0.446 e. The van der Waals surface area contributed by atoms with E-state index in [0.29, 0.717) is 0 Å². The van der Waals surface area contributed by atoms with Crippen LogP contribution in [-0.4, -0.2) is 41.8 Å². The summed E-state index contributed by atoms with van der Waals surface area (Å²) in [6.07, 6.45) is 14.6. The summed E-state index contributed by atoms with van der Waals surface area (Å²) in [7, 11) is 2.17. The smallest absolute Gasteiger partial charge is 0.407 e. The highest BCUT2D eigenvalue weighted by atomic mass is 16.6. The summed E-state index contributed by atoms with van der Waals surface area (Å²) >= 11 is 0. The van der Waals surface area contributed by atoms with E-state index in [1.165, 1.54) is 57.8 Å². The third kappa shape index (κ3) is 9.32. The van der Waals surface area contributed by atoms with Crippen molar-refractivity contribution in [3.63, 3.8) is 0 Å². The van der Waals surface area contributed by atoms with Gasteiger partial charge in [0.25, 0.3) is 0 Å². The number of carbonyl (C=O) groups excluding carboxylic acids is 1. The lowest BCUT2D eigenvalue weighted by atomic mass is 9.79. The Labute approximate surface area is 168 Å². The molecule has 1 aliphatic rings. The standard InChI is InChI=1S/C23H46N2O2/c1-7-8-9-10-11-12-13-14-15-16-17-24-21(26)27-20-18-22(2,3)25(6)23(4,5)19-20/h20H,7-19H2,1-6H3,(H,24,26). The van der Waals surface area contributed by atoms with E-state index in [9.17, 15) is 4.79 Å². The zero-order chi connectivity index (χ0) is 20.3. The maximum atomic E-state index is 12.1. The van der Waals surface area contributed by atoms with E-state index in [0.717, 1.165) is 25.8 Å². The first-order valence-corrected chi connectivity index (χ1v) is 11.4. The van der Waals surface area contributed by atoms with Gasteiger partial charge in [-0.15, -0.1) is 0 Å². The Morgan fingerprint density at radius 3 is 1.81 bits per heavy atom. The fraction of sp³-hybridized carbons (Fsp3) is 0.957. The maximum Gasteiger partial charge on any atom is 0.407 e. The number of amides is 1. The predicted octanol–water partition coefficient (Wildman–Crippen LogP) is 6.28. The third-order valence-corrected chi connectivity index (χ3v) is 6.34. The molecule has 0 aromatic rings. The van der Waals surface area contributed by atoms with Gasteiger partial charge in [0, 0.05) is 30.5 Å². The van der Waals surface area contributed by atoms with Crippen molar-refractivity contribution >= 4 is 6.09 Å². The number of piperidine rings is 1. The summed E-state index contributed by atoms with van der Waals surface area (Å²) in [4.78, 5) is 14.5. The Kier molecular flexibility index (Phi) is 10.7. The molecule has 0 aromatic carbocycles. The van der Waals surface area contributed by atoms with Crippen molar-refractivity contribution in [1.82, 2.24) is 10.2 Å². The van der Waals surface area contributed by atoms with Crippen molar-refractivity contribution in [3.8, 4) is 0 Å². The van der Waals surface area contributed by atoms with E-state index in [4.69, 9.17) is 4.74 Å². The number of ether oxygens (including phenoxy) is 1. The largest absolute Gasteiger partial charge is 0.446 e. The average molecular weight is 383 g/mol. The molecule has 0 radical (unpaired) electrons. The summed E-state index contributed by atoms with van der Waals surface area (Å²) in [5, 5.41) is 2.95. The fourth-order valence-corrected chi connectivity index (χ4v) is 4.36. The van der Waals surface area contributed by atoms with Gasteiger partial charge in [0.05, 0.1) is 0 Å². The number of hydrogen-bond donors (Lipinski definition) is 1. The van der Waals surface area contributed by atoms with Gasteiger partial charge >= 0.3 is 6.09 Å². The van der Waals surface area contributed by atoms with Crippen molar-refractivity contribution in [2.45, 2.75) is 129 Å². The van der Waals surface area contributed by atoms with Crippen LogP contribution in [0.1, 0.15) is 112 Å². The van der Waals surface area contributed by atoms with Gasteiger partial charge in [-0.1, -0.05) is 64.7 Å². The van der Waals surface area contributed by atoms with Gasteiger partial charge in [0.1, 0.15) is 6.10 Å². The third-order valence-electron chi connectivity index (χ3n) is 6.34. The molecule has 4 heteroatoms. The molecular formula is C23H46N2O2. The molecule has 1 rings (SSSR count). The van der Waals surface area contributed by atoms with E-state index < -0.39 is 0 Å². The fourth-order valence-electron chi connectivity index (χ4n) is 4.36. The zero-order valence-electron chi connectivity index (χ0n) is 19.0. The molecule has 4 nitrogen and oxygen atoms in total. The van der Waals surface area contributed by atoms with Gasteiger partial charge in [-0.05, 0) is 41.2 Å². The minimum absolute atomic E-state index is 0.00101. The highest BCUT2D eigenvalue weighted by Crippen LogP contribution is 2.38. The normalized spacial score (nSPS) is 19.8. The van der Waals surface area contributed by atoms with Crippen molar-refractivity contribution in [3.05, 3.63) is 0 Å². The van der Waals surface area contributed by atoms with Crippen molar-refractivity contribution in [2.24, 2.45) is 0 Å². The van der Waals surface area contributed by atoms with E-state index in [1.54, 1.807) is 0 Å². The van der Waals surface area contributed by atoms with E-state index in [2.05, 4.69) is 51.9 Å². The molecule has 0 unspecified atom stereocenters. The van der Waals surface area contributed by atoms with Crippen LogP contribution in [0.3, 0.4) is 0 Å².